The molecule has 3 aromatic rings. The topological polar surface area (TPSA) is 61.6 Å². The van der Waals surface area contributed by atoms with Crippen molar-refractivity contribution in [2.45, 2.75) is 6.92 Å². The molecule has 0 radical (unpaired) electrons. The second kappa shape index (κ2) is 5.39. The molecule has 0 aliphatic carbocycles. The van der Waals surface area contributed by atoms with Gasteiger partial charge in [-0.15, -0.1) is 0 Å². The van der Waals surface area contributed by atoms with E-state index >= 15 is 0 Å². The molecule has 0 unspecified atom stereocenters. The summed E-state index contributed by atoms with van der Waals surface area (Å²) < 4.78 is 0. The van der Waals surface area contributed by atoms with Crippen LogP contribution in [-0.2, 0) is 0 Å². The van der Waals surface area contributed by atoms with Crippen LogP contribution >= 0.6 is 11.6 Å². The summed E-state index contributed by atoms with van der Waals surface area (Å²) in [4.78, 5) is 8.42. The van der Waals surface area contributed by atoms with E-state index in [1.54, 1.807) is 0 Å². The van der Waals surface area contributed by atoms with Crippen molar-refractivity contribution in [1.82, 2.24) is 9.97 Å². The molecule has 1 aromatic heterocycles. The molecule has 0 aliphatic rings. The van der Waals surface area contributed by atoms with Crippen LogP contribution in [0, 0.1) is 18.3 Å². The summed E-state index contributed by atoms with van der Waals surface area (Å²) in [6.45, 7) is 1.90. The molecule has 102 valence electrons. The highest BCUT2D eigenvalue weighted by molar-refractivity contribution is 6.28. The minimum Gasteiger partial charge on any atom is -0.338 e. The first-order valence-corrected chi connectivity index (χ1v) is 6.76. The van der Waals surface area contributed by atoms with Crippen molar-refractivity contribution in [2.24, 2.45) is 0 Å². The van der Waals surface area contributed by atoms with Gasteiger partial charge in [-0.05, 0) is 42.3 Å². The van der Waals surface area contributed by atoms with Gasteiger partial charge >= 0.3 is 0 Å². The number of fused-ring (bicyclic) bond motifs is 1. The lowest BCUT2D eigenvalue weighted by Gasteiger charge is -2.11. The van der Waals surface area contributed by atoms with Gasteiger partial charge in [-0.3, -0.25) is 0 Å². The summed E-state index contributed by atoms with van der Waals surface area (Å²) in [6, 6.07) is 15.4. The highest BCUT2D eigenvalue weighted by Gasteiger charge is 2.10. The number of aryl methyl sites for hydroxylation is 1. The zero-order valence-corrected chi connectivity index (χ0v) is 12.0. The monoisotopic (exact) mass is 294 g/mol. The number of nitrogens with zero attached hydrogens (tertiary/aromatic N) is 3. The molecular weight excluding hydrogens is 284 g/mol. The average molecular weight is 295 g/mol. The molecule has 4 nitrogen and oxygen atoms in total. The van der Waals surface area contributed by atoms with E-state index < -0.39 is 0 Å². The summed E-state index contributed by atoms with van der Waals surface area (Å²) >= 11 is 5.97. The molecular formula is C16H11ClN4. The third-order valence-corrected chi connectivity index (χ3v) is 3.38. The van der Waals surface area contributed by atoms with Crippen LogP contribution in [0.1, 0.15) is 11.1 Å². The van der Waals surface area contributed by atoms with E-state index in [2.05, 4.69) is 21.4 Å². The Labute approximate surface area is 127 Å². The number of hydrogen-bond donors (Lipinski definition) is 1. The lowest BCUT2D eigenvalue weighted by Crippen LogP contribution is -2.00. The van der Waals surface area contributed by atoms with E-state index in [1.807, 2.05) is 49.4 Å². The van der Waals surface area contributed by atoms with Crippen molar-refractivity contribution < 1.29 is 0 Å². The zero-order chi connectivity index (χ0) is 14.8. The van der Waals surface area contributed by atoms with Crippen LogP contribution < -0.4 is 5.32 Å². The lowest BCUT2D eigenvalue weighted by atomic mass is 10.1. The Morgan fingerprint density at radius 2 is 1.90 bits per heavy atom. The van der Waals surface area contributed by atoms with Gasteiger partial charge in [-0.2, -0.15) is 10.2 Å². The standard InChI is InChI=1S/C16H11ClN4/c1-10-5-4-8-14(12(10)9-18)19-15-11-6-2-3-7-13(11)20-16(17)21-15/h2-8H,1H3,(H,19,20,21). The van der Waals surface area contributed by atoms with E-state index in [9.17, 15) is 5.26 Å². The average Bonchev–Trinajstić information content (AvgIpc) is 2.47. The van der Waals surface area contributed by atoms with Gasteiger partial charge in [0.15, 0.2) is 0 Å². The fourth-order valence-corrected chi connectivity index (χ4v) is 2.37. The van der Waals surface area contributed by atoms with Gasteiger partial charge < -0.3 is 5.32 Å². The number of benzene rings is 2. The highest BCUT2D eigenvalue weighted by atomic mass is 35.5. The van der Waals surface area contributed by atoms with Crippen molar-refractivity contribution in [3.05, 3.63) is 58.9 Å². The lowest BCUT2D eigenvalue weighted by molar-refractivity contribution is 1.22. The van der Waals surface area contributed by atoms with Gasteiger partial charge in [0.05, 0.1) is 16.8 Å². The Balaban J connectivity index is 2.15. The van der Waals surface area contributed by atoms with Crippen LogP contribution in [0.2, 0.25) is 5.28 Å². The second-order valence-corrected chi connectivity index (χ2v) is 4.93. The van der Waals surface area contributed by atoms with Crippen molar-refractivity contribution >= 4 is 34.0 Å². The van der Waals surface area contributed by atoms with E-state index in [1.165, 1.54) is 0 Å². The molecule has 5 heteroatoms. The molecule has 0 aliphatic heterocycles. The van der Waals surface area contributed by atoms with Crippen molar-refractivity contribution in [1.29, 1.82) is 5.26 Å². The molecule has 0 spiro atoms. The van der Waals surface area contributed by atoms with E-state index in [4.69, 9.17) is 11.6 Å². The van der Waals surface area contributed by atoms with Crippen LogP contribution in [-0.4, -0.2) is 9.97 Å². The Bertz CT molecular complexity index is 868. The summed E-state index contributed by atoms with van der Waals surface area (Å²) in [6.07, 6.45) is 0. The first kappa shape index (κ1) is 13.3. The van der Waals surface area contributed by atoms with Crippen molar-refractivity contribution in [2.75, 3.05) is 5.32 Å². The number of aromatic nitrogens is 2. The number of para-hydroxylation sites is 1. The Kier molecular flexibility index (Phi) is 3.43. The zero-order valence-electron chi connectivity index (χ0n) is 11.3. The molecule has 0 amide bonds. The minimum absolute atomic E-state index is 0.169. The summed E-state index contributed by atoms with van der Waals surface area (Å²) in [5.41, 5.74) is 2.96. The van der Waals surface area contributed by atoms with Gasteiger partial charge in [0.1, 0.15) is 11.9 Å². The highest BCUT2D eigenvalue weighted by Crippen LogP contribution is 2.27. The largest absolute Gasteiger partial charge is 0.338 e. The van der Waals surface area contributed by atoms with E-state index in [0.717, 1.165) is 16.5 Å². The normalized spacial score (nSPS) is 10.3. The molecule has 0 saturated heterocycles. The smallest absolute Gasteiger partial charge is 0.224 e. The molecule has 0 atom stereocenters. The third-order valence-electron chi connectivity index (χ3n) is 3.21. The number of anilines is 2. The molecule has 21 heavy (non-hydrogen) atoms. The Hall–Kier alpha value is -2.64. The van der Waals surface area contributed by atoms with Crippen LogP contribution in [0.5, 0.6) is 0 Å². The third kappa shape index (κ3) is 2.51. The maximum atomic E-state index is 9.30. The number of rotatable bonds is 2. The first-order valence-electron chi connectivity index (χ1n) is 6.38. The fourth-order valence-electron chi connectivity index (χ4n) is 2.19. The molecule has 0 fully saturated rings. The van der Waals surface area contributed by atoms with Gasteiger partial charge in [-0.25, -0.2) is 4.98 Å². The van der Waals surface area contributed by atoms with Crippen molar-refractivity contribution in [3.8, 4) is 6.07 Å². The number of halogens is 1. The molecule has 1 heterocycles. The summed E-state index contributed by atoms with van der Waals surface area (Å²) in [7, 11) is 0. The SMILES string of the molecule is Cc1cccc(Nc2nc(Cl)nc3ccccc23)c1C#N. The number of nitrogens with one attached hydrogen (secondary N) is 1. The Morgan fingerprint density at radius 3 is 2.71 bits per heavy atom. The molecule has 1 N–H and O–H groups in total. The van der Waals surface area contributed by atoms with Crippen LogP contribution in [0.15, 0.2) is 42.5 Å². The molecule has 3 rings (SSSR count). The Morgan fingerprint density at radius 1 is 1.10 bits per heavy atom. The van der Waals surface area contributed by atoms with Gasteiger partial charge in [0.25, 0.3) is 0 Å². The van der Waals surface area contributed by atoms with E-state index in [-0.39, 0.29) is 5.28 Å². The maximum absolute atomic E-state index is 9.30. The summed E-state index contributed by atoms with van der Waals surface area (Å²) in [5.74, 6) is 0.590. The van der Waals surface area contributed by atoms with Crippen LogP contribution in [0.3, 0.4) is 0 Å². The van der Waals surface area contributed by atoms with Crippen LogP contribution in [0.25, 0.3) is 10.9 Å². The fraction of sp³-hybridized carbons (Fsp3) is 0.0625. The predicted molar refractivity (Wildman–Crippen MR) is 83.7 cm³/mol. The first-order chi connectivity index (χ1) is 10.2. The van der Waals surface area contributed by atoms with Gasteiger partial charge in [-0.1, -0.05) is 24.3 Å². The predicted octanol–water partition coefficient (Wildman–Crippen LogP) is 4.21. The van der Waals surface area contributed by atoms with Crippen LogP contribution in [0.4, 0.5) is 11.5 Å². The molecule has 0 saturated carbocycles. The van der Waals surface area contributed by atoms with Gasteiger partial charge in [0, 0.05) is 5.39 Å². The molecule has 0 bridgehead atoms. The molecule has 2 aromatic carbocycles. The quantitative estimate of drug-likeness (QED) is 0.719. The van der Waals surface area contributed by atoms with Gasteiger partial charge in [0.2, 0.25) is 5.28 Å². The minimum atomic E-state index is 0.169. The summed E-state index contributed by atoms with van der Waals surface area (Å²) in [5, 5.41) is 13.5. The maximum Gasteiger partial charge on any atom is 0.224 e. The van der Waals surface area contributed by atoms with E-state index in [0.29, 0.717) is 17.1 Å². The second-order valence-electron chi connectivity index (χ2n) is 4.59. The number of nitriles is 1. The number of hydrogen-bond acceptors (Lipinski definition) is 4. The van der Waals surface area contributed by atoms with Crippen molar-refractivity contribution in [3.63, 3.8) is 0 Å².